The first-order valence-corrected chi connectivity index (χ1v) is 9.77. The van der Waals surface area contributed by atoms with Crippen molar-refractivity contribution < 1.29 is 9.53 Å². The second-order valence-electron chi connectivity index (χ2n) is 8.31. The Hall–Kier alpha value is -3.25. The number of carbonyl (C=O) groups excluding carboxylic acids is 1. The molecule has 3 N–H and O–H groups in total. The summed E-state index contributed by atoms with van der Waals surface area (Å²) in [6.45, 7) is 6.67. The maximum atomic E-state index is 12.7. The number of nitrogens with zero attached hydrogens (tertiary/aromatic N) is 1. The summed E-state index contributed by atoms with van der Waals surface area (Å²) >= 11 is 0. The summed E-state index contributed by atoms with van der Waals surface area (Å²) in [7, 11) is 1.62. The molecule has 0 aliphatic heterocycles. The summed E-state index contributed by atoms with van der Waals surface area (Å²) < 4.78 is 5.37. The number of hydrogen-bond acceptors (Lipinski definition) is 4. The third-order valence-corrected chi connectivity index (χ3v) is 5.16. The third-order valence-electron chi connectivity index (χ3n) is 5.16. The van der Waals surface area contributed by atoms with E-state index in [4.69, 9.17) is 10.5 Å². The number of primary amides is 1. The summed E-state index contributed by atoms with van der Waals surface area (Å²) in [5.74, 6) is -1.02. The Morgan fingerprint density at radius 2 is 1.87 bits per heavy atom. The van der Waals surface area contributed by atoms with Gasteiger partial charge in [0, 0.05) is 42.7 Å². The molecule has 0 spiro atoms. The van der Waals surface area contributed by atoms with Gasteiger partial charge in [-0.1, -0.05) is 32.9 Å². The van der Waals surface area contributed by atoms with Gasteiger partial charge in [0.1, 0.15) is 0 Å². The Kier molecular flexibility index (Phi) is 6.17. The second kappa shape index (κ2) is 8.63. The molecule has 30 heavy (non-hydrogen) atoms. The van der Waals surface area contributed by atoms with Crippen LogP contribution in [0, 0.1) is 0 Å². The summed E-state index contributed by atoms with van der Waals surface area (Å²) in [6, 6.07) is 11.0. The predicted molar refractivity (Wildman–Crippen MR) is 117 cm³/mol. The molecule has 6 heteroatoms. The maximum Gasteiger partial charge on any atom is 0.252 e. The van der Waals surface area contributed by atoms with E-state index in [9.17, 15) is 9.59 Å². The van der Waals surface area contributed by atoms with E-state index in [-0.39, 0.29) is 11.0 Å². The van der Waals surface area contributed by atoms with Crippen molar-refractivity contribution in [3.8, 4) is 0 Å². The number of H-pyrrole nitrogens is 1. The monoisotopic (exact) mass is 405 g/mol. The lowest BCUT2D eigenvalue weighted by Crippen LogP contribution is -2.24. The van der Waals surface area contributed by atoms with Crippen LogP contribution in [0.1, 0.15) is 64.9 Å². The standard InChI is InChI=1S/C24H27N3O3/c1-24(2,3)20-13-18(19(22(25)28)12-16(20)14-30-4)21(15-7-10-26-11-8-15)17-6-5-9-27-23(17)29/h5-13,21H,14H2,1-4H3,(H2,25,28)(H,27,29). The van der Waals surface area contributed by atoms with Crippen molar-refractivity contribution in [3.05, 3.63) is 98.7 Å². The predicted octanol–water partition coefficient (Wildman–Crippen LogP) is 3.49. The van der Waals surface area contributed by atoms with Crippen LogP contribution in [0.3, 0.4) is 0 Å². The molecule has 2 heterocycles. The molecule has 0 fully saturated rings. The van der Waals surface area contributed by atoms with E-state index in [0.717, 1.165) is 16.7 Å². The molecule has 1 aromatic carbocycles. The highest BCUT2D eigenvalue weighted by molar-refractivity contribution is 5.95. The fourth-order valence-corrected chi connectivity index (χ4v) is 3.83. The van der Waals surface area contributed by atoms with E-state index in [1.807, 2.05) is 18.2 Å². The molecule has 6 nitrogen and oxygen atoms in total. The van der Waals surface area contributed by atoms with Crippen LogP contribution in [-0.4, -0.2) is 23.0 Å². The molecule has 3 aromatic rings. The van der Waals surface area contributed by atoms with Crippen LogP contribution in [0.2, 0.25) is 0 Å². The zero-order valence-electron chi connectivity index (χ0n) is 17.7. The molecular weight excluding hydrogens is 378 g/mol. The van der Waals surface area contributed by atoms with Gasteiger partial charge in [-0.3, -0.25) is 14.6 Å². The van der Waals surface area contributed by atoms with Crippen molar-refractivity contribution in [2.24, 2.45) is 5.73 Å². The fourth-order valence-electron chi connectivity index (χ4n) is 3.83. The molecule has 3 rings (SSSR count). The average Bonchev–Trinajstić information content (AvgIpc) is 2.70. The van der Waals surface area contributed by atoms with Crippen LogP contribution in [0.4, 0.5) is 0 Å². The summed E-state index contributed by atoms with van der Waals surface area (Å²) in [5, 5.41) is 0. The van der Waals surface area contributed by atoms with E-state index >= 15 is 0 Å². The maximum absolute atomic E-state index is 12.7. The molecule has 0 aliphatic carbocycles. The van der Waals surface area contributed by atoms with Crippen LogP contribution in [-0.2, 0) is 16.8 Å². The minimum absolute atomic E-state index is 0.204. The van der Waals surface area contributed by atoms with Crippen LogP contribution in [0.25, 0.3) is 0 Å². The number of aromatic nitrogens is 2. The van der Waals surface area contributed by atoms with E-state index < -0.39 is 11.8 Å². The number of ether oxygens (including phenoxy) is 1. The Labute approximate surface area is 176 Å². The van der Waals surface area contributed by atoms with Gasteiger partial charge in [0.15, 0.2) is 0 Å². The zero-order valence-corrected chi connectivity index (χ0v) is 17.7. The zero-order chi connectivity index (χ0) is 21.9. The van der Waals surface area contributed by atoms with Crippen LogP contribution in [0.5, 0.6) is 0 Å². The van der Waals surface area contributed by atoms with Crippen molar-refractivity contribution in [2.45, 2.75) is 38.7 Å². The minimum Gasteiger partial charge on any atom is -0.380 e. The van der Waals surface area contributed by atoms with Gasteiger partial charge >= 0.3 is 0 Å². The smallest absolute Gasteiger partial charge is 0.252 e. The van der Waals surface area contributed by atoms with Gasteiger partial charge < -0.3 is 15.5 Å². The fraction of sp³-hybridized carbons (Fsp3) is 0.292. The lowest BCUT2D eigenvalue weighted by atomic mass is 9.77. The second-order valence-corrected chi connectivity index (χ2v) is 8.31. The topological polar surface area (TPSA) is 98.1 Å². The Morgan fingerprint density at radius 1 is 1.17 bits per heavy atom. The van der Waals surface area contributed by atoms with Crippen molar-refractivity contribution in [2.75, 3.05) is 7.11 Å². The number of hydrogen-bond donors (Lipinski definition) is 2. The molecule has 0 saturated heterocycles. The summed E-state index contributed by atoms with van der Waals surface area (Å²) in [5.41, 5.74) is 9.76. The number of benzene rings is 1. The van der Waals surface area contributed by atoms with E-state index in [0.29, 0.717) is 23.3 Å². The molecule has 2 aromatic heterocycles. The number of rotatable bonds is 6. The van der Waals surface area contributed by atoms with E-state index in [1.165, 1.54) is 0 Å². The number of methoxy groups -OCH3 is 1. The first-order chi connectivity index (χ1) is 14.2. The number of nitrogens with one attached hydrogen (secondary N) is 1. The average molecular weight is 405 g/mol. The molecule has 0 aliphatic rings. The molecule has 156 valence electrons. The quantitative estimate of drug-likeness (QED) is 0.656. The normalized spacial score (nSPS) is 12.5. The van der Waals surface area contributed by atoms with Gasteiger partial charge in [-0.25, -0.2) is 0 Å². The highest BCUT2D eigenvalue weighted by Gasteiger charge is 2.28. The number of carbonyl (C=O) groups is 1. The highest BCUT2D eigenvalue weighted by atomic mass is 16.5. The SMILES string of the molecule is COCc1cc(C(N)=O)c(C(c2ccncc2)c2ccc[nH]c2=O)cc1C(C)(C)C. The van der Waals surface area contributed by atoms with Crippen molar-refractivity contribution in [3.63, 3.8) is 0 Å². The molecule has 1 atom stereocenters. The lowest BCUT2D eigenvalue weighted by molar-refractivity contribution is 0.0999. The van der Waals surface area contributed by atoms with Gasteiger partial charge in [-0.05, 0) is 51.9 Å². The molecule has 0 saturated carbocycles. The Morgan fingerprint density at radius 3 is 2.43 bits per heavy atom. The summed E-state index contributed by atoms with van der Waals surface area (Å²) in [6.07, 6.45) is 4.94. The van der Waals surface area contributed by atoms with Gasteiger partial charge in [0.05, 0.1) is 6.61 Å². The van der Waals surface area contributed by atoms with Gasteiger partial charge in [0.25, 0.3) is 5.56 Å². The Balaban J connectivity index is 2.39. The van der Waals surface area contributed by atoms with Gasteiger partial charge in [-0.2, -0.15) is 0 Å². The largest absolute Gasteiger partial charge is 0.380 e. The molecule has 1 unspecified atom stereocenters. The number of pyridine rings is 2. The lowest BCUT2D eigenvalue weighted by Gasteiger charge is -2.28. The molecule has 0 bridgehead atoms. The highest BCUT2D eigenvalue weighted by Crippen LogP contribution is 2.37. The number of aromatic amines is 1. The van der Waals surface area contributed by atoms with E-state index in [2.05, 4.69) is 30.7 Å². The van der Waals surface area contributed by atoms with Gasteiger partial charge in [-0.15, -0.1) is 0 Å². The molecular formula is C24H27N3O3. The first-order valence-electron chi connectivity index (χ1n) is 9.77. The number of nitrogens with two attached hydrogens (primary N) is 1. The van der Waals surface area contributed by atoms with Crippen molar-refractivity contribution in [1.29, 1.82) is 0 Å². The van der Waals surface area contributed by atoms with Crippen molar-refractivity contribution >= 4 is 5.91 Å². The summed E-state index contributed by atoms with van der Waals surface area (Å²) in [4.78, 5) is 32.0. The van der Waals surface area contributed by atoms with Gasteiger partial charge in [0.2, 0.25) is 5.91 Å². The van der Waals surface area contributed by atoms with Crippen LogP contribution in [0.15, 0.2) is 59.8 Å². The molecule has 0 radical (unpaired) electrons. The van der Waals surface area contributed by atoms with Crippen LogP contribution < -0.4 is 11.3 Å². The van der Waals surface area contributed by atoms with E-state index in [1.54, 1.807) is 43.9 Å². The Bertz CT molecular complexity index is 1100. The number of amides is 1. The van der Waals surface area contributed by atoms with Crippen molar-refractivity contribution in [1.82, 2.24) is 9.97 Å². The van der Waals surface area contributed by atoms with Crippen LogP contribution >= 0.6 is 0 Å². The minimum atomic E-state index is -0.547. The molecule has 1 amide bonds. The third kappa shape index (κ3) is 4.33. The first kappa shape index (κ1) is 21.5.